The molecule has 5 unspecified atom stereocenters. The molecule has 108 valence electrons. The van der Waals surface area contributed by atoms with Crippen LogP contribution in [0, 0.1) is 5.92 Å². The molecule has 0 aromatic heterocycles. The molecule has 1 aliphatic carbocycles. The molecule has 1 N–H and O–H groups in total. The van der Waals surface area contributed by atoms with Gasteiger partial charge in [0.15, 0.2) is 0 Å². The Labute approximate surface area is 112 Å². The molecule has 4 fully saturated rings. The van der Waals surface area contributed by atoms with E-state index in [1.807, 2.05) is 0 Å². The molecule has 0 aromatic rings. The summed E-state index contributed by atoms with van der Waals surface area (Å²) in [5.74, 6) is 0.138. The van der Waals surface area contributed by atoms with E-state index in [4.69, 9.17) is 24.1 Å². The molecule has 6 heteroatoms. The Bertz CT molecular complexity index is 359. The smallest absolute Gasteiger partial charge is 0.306 e. The topological polar surface area (TPSA) is 74.2 Å². The van der Waals surface area contributed by atoms with E-state index < -0.39 is 12.1 Å². The normalized spacial score (nSPS) is 47.4. The van der Waals surface area contributed by atoms with Gasteiger partial charge in [-0.2, -0.15) is 0 Å². The predicted octanol–water partition coefficient (Wildman–Crippen LogP) is 0.569. The lowest BCUT2D eigenvalue weighted by atomic mass is 9.67. The number of hydrogen-bond donors (Lipinski definition) is 1. The number of aliphatic hydroxyl groups excluding tert-OH is 1. The van der Waals surface area contributed by atoms with Crippen LogP contribution in [0.15, 0.2) is 0 Å². The summed E-state index contributed by atoms with van der Waals surface area (Å²) in [5, 5.41) is 7.00. The highest BCUT2D eigenvalue weighted by molar-refractivity contribution is 5.71. The third kappa shape index (κ3) is 1.89. The molecule has 1 spiro atoms. The molecule has 4 rings (SSSR count). The van der Waals surface area contributed by atoms with Gasteiger partial charge in [-0.05, 0) is 12.8 Å². The van der Waals surface area contributed by atoms with Gasteiger partial charge < -0.3 is 24.1 Å². The molecular weight excluding hydrogens is 252 g/mol. The number of rotatable bonds is 0. The van der Waals surface area contributed by atoms with Crippen LogP contribution < -0.4 is 0 Å². The second-order valence-electron chi connectivity index (χ2n) is 5.35. The number of hydrogen-bond acceptors (Lipinski definition) is 6. The van der Waals surface area contributed by atoms with Crippen molar-refractivity contribution < 1.29 is 28.8 Å². The SMILES string of the molecule is CO.O=C1CC2CCCC3OC4OCCC(O1)C23O4. The summed E-state index contributed by atoms with van der Waals surface area (Å²) in [4.78, 5) is 11.6. The van der Waals surface area contributed by atoms with Crippen molar-refractivity contribution in [3.63, 3.8) is 0 Å². The molecule has 0 aromatic carbocycles. The predicted molar refractivity (Wildman–Crippen MR) is 63.0 cm³/mol. The van der Waals surface area contributed by atoms with Crippen LogP contribution in [0.2, 0.25) is 0 Å². The van der Waals surface area contributed by atoms with Gasteiger partial charge in [0.2, 0.25) is 0 Å². The summed E-state index contributed by atoms with van der Waals surface area (Å²) in [5.41, 5.74) is -0.423. The highest BCUT2D eigenvalue weighted by Gasteiger charge is 2.65. The first-order valence-corrected chi connectivity index (χ1v) is 6.88. The molecule has 3 saturated heterocycles. The Morgan fingerprint density at radius 1 is 1.21 bits per heavy atom. The fourth-order valence-corrected chi connectivity index (χ4v) is 3.88. The standard InChI is InChI=1S/C12H16O5.CH4O/c13-10-6-7-2-1-3-8-12(7)9(15-10)4-5-14-11(16-8)17-12;1-2/h7-9,11H,1-6H2;2H,1H3. The average Bonchev–Trinajstić information content (AvgIpc) is 2.69. The van der Waals surface area contributed by atoms with Crippen molar-refractivity contribution in [2.24, 2.45) is 5.92 Å². The van der Waals surface area contributed by atoms with Crippen molar-refractivity contribution in [3.8, 4) is 0 Å². The van der Waals surface area contributed by atoms with Crippen LogP contribution >= 0.6 is 0 Å². The quantitative estimate of drug-likeness (QED) is 0.650. The fraction of sp³-hybridized carbons (Fsp3) is 0.923. The van der Waals surface area contributed by atoms with Crippen LogP contribution in [0.4, 0.5) is 0 Å². The Morgan fingerprint density at radius 2 is 2.05 bits per heavy atom. The average molecular weight is 272 g/mol. The van der Waals surface area contributed by atoms with E-state index in [1.54, 1.807) is 0 Å². The Hall–Kier alpha value is -0.690. The zero-order valence-electron chi connectivity index (χ0n) is 11.0. The number of carbonyl (C=O) groups is 1. The van der Waals surface area contributed by atoms with Gasteiger partial charge in [0, 0.05) is 19.4 Å². The number of aliphatic hydroxyl groups is 1. The van der Waals surface area contributed by atoms with Crippen LogP contribution in [0.1, 0.15) is 32.1 Å². The van der Waals surface area contributed by atoms with Crippen molar-refractivity contribution in [2.45, 2.75) is 56.4 Å². The molecule has 1 saturated carbocycles. The largest absolute Gasteiger partial charge is 0.459 e. The van der Waals surface area contributed by atoms with Crippen molar-refractivity contribution in [2.75, 3.05) is 13.7 Å². The lowest BCUT2D eigenvalue weighted by molar-refractivity contribution is -0.254. The molecule has 2 bridgehead atoms. The fourth-order valence-electron chi connectivity index (χ4n) is 3.88. The van der Waals surface area contributed by atoms with Gasteiger partial charge in [0.25, 0.3) is 6.48 Å². The molecule has 0 amide bonds. The molecule has 6 nitrogen and oxygen atoms in total. The first kappa shape index (κ1) is 13.3. The van der Waals surface area contributed by atoms with Gasteiger partial charge in [0.1, 0.15) is 11.7 Å². The van der Waals surface area contributed by atoms with Crippen molar-refractivity contribution >= 4 is 5.97 Å². The summed E-state index contributed by atoms with van der Waals surface area (Å²) >= 11 is 0. The minimum Gasteiger partial charge on any atom is -0.459 e. The lowest BCUT2D eigenvalue weighted by Gasteiger charge is -2.49. The van der Waals surface area contributed by atoms with Crippen molar-refractivity contribution in [1.29, 1.82) is 0 Å². The number of esters is 1. The van der Waals surface area contributed by atoms with Crippen LogP contribution in [-0.4, -0.2) is 49.1 Å². The minimum absolute atomic E-state index is 0.0321. The van der Waals surface area contributed by atoms with E-state index in [-0.39, 0.29) is 24.1 Å². The maximum atomic E-state index is 11.6. The van der Waals surface area contributed by atoms with Gasteiger partial charge in [-0.25, -0.2) is 0 Å². The van der Waals surface area contributed by atoms with Gasteiger partial charge in [-0.3, -0.25) is 4.79 Å². The number of fused-ring (bicyclic) bond motifs is 1. The molecule has 19 heavy (non-hydrogen) atoms. The highest BCUT2D eigenvalue weighted by atomic mass is 16.9. The maximum absolute atomic E-state index is 11.6. The van der Waals surface area contributed by atoms with Gasteiger partial charge in [0.05, 0.1) is 19.1 Å². The second-order valence-corrected chi connectivity index (χ2v) is 5.35. The van der Waals surface area contributed by atoms with Crippen LogP contribution in [0.3, 0.4) is 0 Å². The molecule has 3 aliphatic heterocycles. The molecular formula is C13H20O6. The molecule has 3 heterocycles. The zero-order valence-corrected chi connectivity index (χ0v) is 11.0. The van der Waals surface area contributed by atoms with Crippen LogP contribution in [0.5, 0.6) is 0 Å². The summed E-state index contributed by atoms with van der Waals surface area (Å²) in [7, 11) is 1.00. The van der Waals surface area contributed by atoms with Gasteiger partial charge >= 0.3 is 5.97 Å². The third-order valence-corrected chi connectivity index (χ3v) is 4.56. The summed E-state index contributed by atoms with van der Waals surface area (Å²) in [6.45, 7) is -0.0218. The Morgan fingerprint density at radius 3 is 2.89 bits per heavy atom. The first-order chi connectivity index (χ1) is 9.29. The second kappa shape index (κ2) is 5.01. The molecule has 5 atom stereocenters. The van der Waals surface area contributed by atoms with Crippen molar-refractivity contribution in [3.05, 3.63) is 0 Å². The van der Waals surface area contributed by atoms with E-state index in [9.17, 15) is 4.79 Å². The summed E-state index contributed by atoms with van der Waals surface area (Å²) < 4.78 is 22.8. The van der Waals surface area contributed by atoms with Crippen LogP contribution in [0.25, 0.3) is 0 Å². The minimum atomic E-state index is -0.553. The Kier molecular flexibility index (Phi) is 3.51. The maximum Gasteiger partial charge on any atom is 0.306 e. The van der Waals surface area contributed by atoms with Gasteiger partial charge in [-0.15, -0.1) is 0 Å². The van der Waals surface area contributed by atoms with Crippen molar-refractivity contribution in [1.82, 2.24) is 0 Å². The van der Waals surface area contributed by atoms with E-state index >= 15 is 0 Å². The highest BCUT2D eigenvalue weighted by Crippen LogP contribution is 2.52. The van der Waals surface area contributed by atoms with E-state index in [1.165, 1.54) is 0 Å². The molecule has 0 radical (unpaired) electrons. The summed E-state index contributed by atoms with van der Waals surface area (Å²) in [6.07, 6.45) is 4.12. The first-order valence-electron chi connectivity index (χ1n) is 6.88. The van der Waals surface area contributed by atoms with E-state index in [0.29, 0.717) is 13.0 Å². The van der Waals surface area contributed by atoms with E-state index in [0.717, 1.165) is 32.8 Å². The monoisotopic (exact) mass is 272 g/mol. The summed E-state index contributed by atoms with van der Waals surface area (Å²) in [6, 6.07) is 0. The Balaban J connectivity index is 0.000000528. The lowest BCUT2D eigenvalue weighted by Crippen LogP contribution is -2.62. The van der Waals surface area contributed by atoms with E-state index in [2.05, 4.69) is 0 Å². The van der Waals surface area contributed by atoms with Crippen LogP contribution in [-0.2, 0) is 23.7 Å². The zero-order chi connectivity index (χ0) is 13.5. The van der Waals surface area contributed by atoms with Gasteiger partial charge in [-0.1, -0.05) is 6.42 Å². The third-order valence-electron chi connectivity index (χ3n) is 4.56. The number of carbonyl (C=O) groups excluding carboxylic acids is 1. The molecule has 4 aliphatic rings. The number of ether oxygens (including phenoxy) is 4.